The van der Waals surface area contributed by atoms with Gasteiger partial charge in [0.2, 0.25) is 5.78 Å². The quantitative estimate of drug-likeness (QED) is 0.486. The summed E-state index contributed by atoms with van der Waals surface area (Å²) in [5.74, 6) is -1.74. The summed E-state index contributed by atoms with van der Waals surface area (Å²) < 4.78 is 19.9. The van der Waals surface area contributed by atoms with Crippen LogP contribution in [0, 0.1) is 12.7 Å². The molecule has 0 radical (unpaired) electrons. The molecule has 0 saturated heterocycles. The molecule has 130 valence electrons. The Morgan fingerprint density at radius 1 is 0.846 bits per heavy atom. The van der Waals surface area contributed by atoms with Crippen molar-refractivity contribution in [1.29, 1.82) is 0 Å². The van der Waals surface area contributed by atoms with E-state index in [9.17, 15) is 14.0 Å². The number of halogens is 1. The predicted octanol–water partition coefficient (Wildman–Crippen LogP) is 4.92. The second-order valence-electron chi connectivity index (χ2n) is 5.91. The van der Waals surface area contributed by atoms with Crippen LogP contribution in [0.3, 0.4) is 0 Å². The molecule has 3 aromatic rings. The second-order valence-corrected chi connectivity index (χ2v) is 5.91. The van der Waals surface area contributed by atoms with Crippen molar-refractivity contribution in [2.45, 2.75) is 13.0 Å². The first-order valence-corrected chi connectivity index (χ1v) is 8.17. The molecule has 3 rings (SSSR count). The molecular weight excluding hydrogens is 331 g/mol. The number of rotatable bonds is 5. The largest absolute Gasteiger partial charge is 0.445 e. The Bertz CT molecular complexity index is 921. The van der Waals surface area contributed by atoms with Gasteiger partial charge in [-0.3, -0.25) is 4.79 Å². The van der Waals surface area contributed by atoms with Crippen LogP contribution in [0.2, 0.25) is 0 Å². The third-order valence-corrected chi connectivity index (χ3v) is 3.97. The maximum absolute atomic E-state index is 14.5. The minimum atomic E-state index is -1.36. The van der Waals surface area contributed by atoms with Crippen molar-refractivity contribution in [3.05, 3.63) is 107 Å². The summed E-state index contributed by atoms with van der Waals surface area (Å²) in [6.45, 7) is 1.75. The number of esters is 1. The van der Waals surface area contributed by atoms with Crippen molar-refractivity contribution in [1.82, 2.24) is 0 Å². The van der Waals surface area contributed by atoms with Crippen molar-refractivity contribution in [2.75, 3.05) is 0 Å². The Balaban J connectivity index is 1.99. The number of ketones is 1. The van der Waals surface area contributed by atoms with Gasteiger partial charge in [0, 0.05) is 11.1 Å². The van der Waals surface area contributed by atoms with Gasteiger partial charge in [0.15, 0.2) is 6.10 Å². The number of ether oxygens (including phenoxy) is 1. The van der Waals surface area contributed by atoms with E-state index in [2.05, 4.69) is 0 Å². The number of carbonyl (C=O) groups excluding carboxylic acids is 2. The molecule has 0 aliphatic carbocycles. The summed E-state index contributed by atoms with van der Waals surface area (Å²) in [6.07, 6.45) is -1.36. The van der Waals surface area contributed by atoms with Gasteiger partial charge in [-0.2, -0.15) is 0 Å². The van der Waals surface area contributed by atoms with Gasteiger partial charge < -0.3 is 4.74 Å². The van der Waals surface area contributed by atoms with Crippen LogP contribution in [0.5, 0.6) is 0 Å². The third kappa shape index (κ3) is 3.86. The number of hydrogen-bond acceptors (Lipinski definition) is 3. The summed E-state index contributed by atoms with van der Waals surface area (Å²) >= 11 is 0. The topological polar surface area (TPSA) is 43.4 Å². The van der Waals surface area contributed by atoms with Crippen LogP contribution in [0.25, 0.3) is 0 Å². The Labute approximate surface area is 151 Å². The van der Waals surface area contributed by atoms with Crippen LogP contribution in [0.15, 0.2) is 78.9 Å². The molecule has 0 amide bonds. The number of benzene rings is 3. The summed E-state index contributed by atoms with van der Waals surface area (Å²) in [7, 11) is 0. The lowest BCUT2D eigenvalue weighted by Gasteiger charge is -2.18. The molecule has 0 spiro atoms. The fraction of sp³-hybridized carbons (Fsp3) is 0.0909. The monoisotopic (exact) mass is 348 g/mol. The maximum Gasteiger partial charge on any atom is 0.339 e. The number of hydrogen-bond donors (Lipinski definition) is 0. The van der Waals surface area contributed by atoms with Gasteiger partial charge in [-0.15, -0.1) is 0 Å². The van der Waals surface area contributed by atoms with Crippen LogP contribution < -0.4 is 0 Å². The number of carbonyl (C=O) groups is 2. The van der Waals surface area contributed by atoms with Crippen molar-refractivity contribution >= 4 is 11.8 Å². The molecule has 4 heteroatoms. The lowest BCUT2D eigenvalue weighted by atomic mass is 9.98. The van der Waals surface area contributed by atoms with Gasteiger partial charge in [-0.1, -0.05) is 60.7 Å². The Hall–Kier alpha value is -3.27. The van der Waals surface area contributed by atoms with E-state index in [1.807, 2.05) is 0 Å². The first kappa shape index (κ1) is 17.5. The standard InChI is InChI=1S/C22H17FO3/c1-15-12-13-18(19(23)14-15)21(20(24)16-8-4-2-5-9-16)26-22(25)17-10-6-3-7-11-17/h2-14,21H,1H3/t21-/m0/s1. The molecular formula is C22H17FO3. The van der Waals surface area contributed by atoms with Crippen LogP contribution >= 0.6 is 0 Å². The summed E-state index contributed by atoms with van der Waals surface area (Å²) in [5, 5.41) is 0. The normalized spacial score (nSPS) is 11.6. The van der Waals surface area contributed by atoms with E-state index >= 15 is 0 Å². The molecule has 0 bridgehead atoms. The van der Waals surface area contributed by atoms with E-state index in [0.29, 0.717) is 16.7 Å². The van der Waals surface area contributed by atoms with Gasteiger partial charge >= 0.3 is 5.97 Å². The smallest absolute Gasteiger partial charge is 0.339 e. The van der Waals surface area contributed by atoms with Gasteiger partial charge in [0.25, 0.3) is 0 Å². The molecule has 0 saturated carbocycles. The zero-order chi connectivity index (χ0) is 18.5. The highest BCUT2D eigenvalue weighted by atomic mass is 19.1. The molecule has 0 aliphatic heterocycles. The molecule has 0 heterocycles. The molecule has 1 atom stereocenters. The lowest BCUT2D eigenvalue weighted by Crippen LogP contribution is -2.21. The molecule has 3 aromatic carbocycles. The lowest BCUT2D eigenvalue weighted by molar-refractivity contribution is 0.0273. The Morgan fingerprint density at radius 3 is 2.00 bits per heavy atom. The van der Waals surface area contributed by atoms with Crippen molar-refractivity contribution in [3.63, 3.8) is 0 Å². The van der Waals surface area contributed by atoms with Crippen LogP contribution in [0.4, 0.5) is 4.39 Å². The molecule has 3 nitrogen and oxygen atoms in total. The first-order chi connectivity index (χ1) is 12.6. The van der Waals surface area contributed by atoms with Gasteiger partial charge in [0.05, 0.1) is 5.56 Å². The van der Waals surface area contributed by atoms with Crippen molar-refractivity contribution in [2.24, 2.45) is 0 Å². The number of aryl methyl sites for hydroxylation is 1. The fourth-order valence-electron chi connectivity index (χ4n) is 2.61. The summed E-state index contributed by atoms with van der Waals surface area (Å²) in [5.41, 5.74) is 1.39. The highest BCUT2D eigenvalue weighted by Crippen LogP contribution is 2.27. The van der Waals surface area contributed by atoms with Crippen LogP contribution in [-0.4, -0.2) is 11.8 Å². The maximum atomic E-state index is 14.5. The molecule has 0 aliphatic rings. The van der Waals surface area contributed by atoms with Crippen molar-refractivity contribution in [3.8, 4) is 0 Å². The van der Waals surface area contributed by atoms with E-state index in [4.69, 9.17) is 4.74 Å². The highest BCUT2D eigenvalue weighted by molar-refractivity contribution is 6.02. The van der Waals surface area contributed by atoms with Gasteiger partial charge in [0.1, 0.15) is 5.82 Å². The van der Waals surface area contributed by atoms with Crippen molar-refractivity contribution < 1.29 is 18.7 Å². The van der Waals surface area contributed by atoms with E-state index in [-0.39, 0.29) is 5.56 Å². The Morgan fingerprint density at radius 2 is 1.42 bits per heavy atom. The minimum absolute atomic E-state index is 0.0359. The SMILES string of the molecule is Cc1ccc([C@H](OC(=O)c2ccccc2)C(=O)c2ccccc2)c(F)c1. The zero-order valence-electron chi connectivity index (χ0n) is 14.2. The van der Waals surface area contributed by atoms with Crippen LogP contribution in [-0.2, 0) is 4.74 Å². The van der Waals surface area contributed by atoms with Crippen LogP contribution in [0.1, 0.15) is 37.9 Å². The van der Waals surface area contributed by atoms with Gasteiger partial charge in [-0.05, 0) is 30.7 Å². The second kappa shape index (κ2) is 7.74. The summed E-state index contributed by atoms with van der Waals surface area (Å²) in [4.78, 5) is 25.4. The van der Waals surface area contributed by atoms with E-state index < -0.39 is 23.7 Å². The third-order valence-electron chi connectivity index (χ3n) is 3.97. The average Bonchev–Trinajstić information content (AvgIpc) is 2.67. The van der Waals surface area contributed by atoms with E-state index in [1.54, 1.807) is 73.7 Å². The highest BCUT2D eigenvalue weighted by Gasteiger charge is 2.29. The predicted molar refractivity (Wildman–Crippen MR) is 96.5 cm³/mol. The van der Waals surface area contributed by atoms with Gasteiger partial charge in [-0.25, -0.2) is 9.18 Å². The molecule has 0 N–H and O–H groups in total. The molecule has 0 unspecified atom stereocenters. The minimum Gasteiger partial charge on any atom is -0.445 e. The molecule has 0 aromatic heterocycles. The zero-order valence-corrected chi connectivity index (χ0v) is 14.2. The van der Waals surface area contributed by atoms with E-state index in [1.165, 1.54) is 12.1 Å². The fourth-order valence-corrected chi connectivity index (χ4v) is 2.61. The molecule has 0 fully saturated rings. The van der Waals surface area contributed by atoms with E-state index in [0.717, 1.165) is 0 Å². The Kier molecular flexibility index (Phi) is 5.23. The number of Topliss-reactive ketones (excluding diaryl/α,β-unsaturated/α-hetero) is 1. The average molecular weight is 348 g/mol. The molecule has 26 heavy (non-hydrogen) atoms. The first-order valence-electron chi connectivity index (χ1n) is 8.17. The summed E-state index contributed by atoms with van der Waals surface area (Å²) in [6, 6.07) is 21.2.